The zero-order chi connectivity index (χ0) is 41.8. The Bertz CT molecular complexity index is 2740. The predicted octanol–water partition coefficient (Wildman–Crippen LogP) is 11.9. The van der Waals surface area contributed by atoms with Crippen molar-refractivity contribution in [2.75, 3.05) is 7.05 Å². The van der Waals surface area contributed by atoms with Crippen LogP contribution in [-0.4, -0.2) is 16.2 Å². The molecule has 8 rings (SSSR count). The Kier molecular flexibility index (Phi) is 9.98. The van der Waals surface area contributed by atoms with Gasteiger partial charge in [0, 0.05) is 37.3 Å². The van der Waals surface area contributed by atoms with Crippen molar-refractivity contribution in [2.24, 2.45) is 19.8 Å². The van der Waals surface area contributed by atoms with Crippen LogP contribution in [0.1, 0.15) is 114 Å². The van der Waals surface area contributed by atoms with E-state index in [-0.39, 0.29) is 5.54 Å². The number of benzene rings is 4. The third-order valence-electron chi connectivity index (χ3n) is 15.2. The van der Waals surface area contributed by atoms with Gasteiger partial charge in [-0.25, -0.2) is 0 Å². The molecule has 2 aliphatic rings. The molecule has 0 radical (unpaired) electrons. The van der Waals surface area contributed by atoms with E-state index in [1.165, 1.54) is 133 Å². The zero-order valence-electron chi connectivity index (χ0n) is 38.0. The SMILES string of the molecule is CNC(C)(C1=Cc2c(cc(C)c(C)c2C)C1)c1c(C)c(C)c(C)c2c1ccn2C.Cc1cc2c(c(C)c1C)C=C(C(C)(N)c1c(C)c(C)c(C)c3c1ccn3C)C2. The third kappa shape index (κ3) is 6.00. The number of likely N-dealkylation sites (N-methyl/N-ethyl adjacent to an activating group) is 1. The van der Waals surface area contributed by atoms with Crippen LogP contribution in [0.3, 0.4) is 0 Å². The van der Waals surface area contributed by atoms with Crippen LogP contribution in [-0.2, 0) is 38.0 Å². The Balaban J connectivity index is 0.000000174. The van der Waals surface area contributed by atoms with Gasteiger partial charge >= 0.3 is 0 Å². The highest BCUT2D eigenvalue weighted by molar-refractivity contribution is 5.92. The molecule has 298 valence electrons. The van der Waals surface area contributed by atoms with Gasteiger partial charge in [0.1, 0.15) is 0 Å². The topological polar surface area (TPSA) is 47.9 Å². The molecule has 0 fully saturated rings. The lowest BCUT2D eigenvalue weighted by atomic mass is 9.77. The van der Waals surface area contributed by atoms with Crippen LogP contribution in [0.25, 0.3) is 34.0 Å². The second-order valence-corrected chi connectivity index (χ2v) is 18.2. The lowest BCUT2D eigenvalue weighted by molar-refractivity contribution is 0.470. The van der Waals surface area contributed by atoms with Gasteiger partial charge in [-0.1, -0.05) is 24.3 Å². The Morgan fingerprint density at radius 3 is 1.39 bits per heavy atom. The van der Waals surface area contributed by atoms with Gasteiger partial charge in [0.05, 0.1) is 22.1 Å². The average Bonchev–Trinajstić information content (AvgIpc) is 3.97. The normalized spacial score (nSPS) is 15.6. The molecule has 57 heavy (non-hydrogen) atoms. The van der Waals surface area contributed by atoms with E-state index in [0.717, 1.165) is 12.8 Å². The largest absolute Gasteiger partial charge is 0.350 e. The highest BCUT2D eigenvalue weighted by atomic mass is 15.0. The van der Waals surface area contributed by atoms with Crippen molar-refractivity contribution in [3.8, 4) is 0 Å². The number of nitrogens with two attached hydrogens (primary N) is 1. The van der Waals surface area contributed by atoms with Crippen LogP contribution in [0.4, 0.5) is 0 Å². The van der Waals surface area contributed by atoms with Gasteiger partial charge in [-0.15, -0.1) is 0 Å². The smallest absolute Gasteiger partial charge is 0.0634 e. The molecule has 2 heterocycles. The van der Waals surface area contributed by atoms with E-state index in [0.29, 0.717) is 0 Å². The molecule has 4 aromatic carbocycles. The average molecular weight is 759 g/mol. The van der Waals surface area contributed by atoms with E-state index in [9.17, 15) is 0 Å². The summed E-state index contributed by atoms with van der Waals surface area (Å²) in [7, 11) is 6.39. The number of nitrogens with one attached hydrogen (secondary N) is 1. The first kappa shape index (κ1) is 40.6. The lowest BCUT2D eigenvalue weighted by Crippen LogP contribution is -2.40. The molecule has 2 unspecified atom stereocenters. The van der Waals surface area contributed by atoms with E-state index in [1.54, 1.807) is 0 Å². The summed E-state index contributed by atoms with van der Waals surface area (Å²) in [5, 5.41) is 6.38. The fourth-order valence-electron chi connectivity index (χ4n) is 10.6. The second-order valence-electron chi connectivity index (χ2n) is 18.2. The number of nitrogens with zero attached hydrogens (tertiary/aromatic N) is 2. The van der Waals surface area contributed by atoms with Crippen molar-refractivity contribution in [1.29, 1.82) is 0 Å². The molecule has 2 aromatic heterocycles. The molecule has 2 aliphatic carbocycles. The van der Waals surface area contributed by atoms with Gasteiger partial charge in [-0.3, -0.25) is 0 Å². The minimum Gasteiger partial charge on any atom is -0.350 e. The maximum atomic E-state index is 7.17. The first-order chi connectivity index (χ1) is 26.7. The van der Waals surface area contributed by atoms with Crippen LogP contribution < -0.4 is 11.1 Å². The monoisotopic (exact) mass is 759 g/mol. The summed E-state index contributed by atoms with van der Waals surface area (Å²) in [5.74, 6) is 0. The third-order valence-corrected chi connectivity index (χ3v) is 15.2. The highest BCUT2D eigenvalue weighted by Gasteiger charge is 2.37. The van der Waals surface area contributed by atoms with E-state index in [2.05, 4.69) is 181 Å². The fourth-order valence-corrected chi connectivity index (χ4v) is 10.6. The minimum absolute atomic E-state index is 0.213. The summed E-state index contributed by atoms with van der Waals surface area (Å²) in [6, 6.07) is 9.27. The lowest BCUT2D eigenvalue weighted by Gasteiger charge is -2.35. The van der Waals surface area contributed by atoms with Crippen LogP contribution in [0.5, 0.6) is 0 Å². The molecular formula is C53H66N4. The summed E-state index contributed by atoms with van der Waals surface area (Å²) in [5.41, 5.74) is 36.9. The molecule has 6 aromatic rings. The number of fused-ring (bicyclic) bond motifs is 4. The fraction of sp³-hybridized carbons (Fsp3) is 0.396. The number of rotatable bonds is 5. The Morgan fingerprint density at radius 1 is 0.526 bits per heavy atom. The van der Waals surface area contributed by atoms with Gasteiger partial charge in [0.15, 0.2) is 0 Å². The molecule has 0 aliphatic heterocycles. The molecule has 0 spiro atoms. The summed E-state index contributed by atoms with van der Waals surface area (Å²) in [6.07, 6.45) is 11.1. The van der Waals surface area contributed by atoms with E-state index >= 15 is 0 Å². The van der Waals surface area contributed by atoms with E-state index in [4.69, 9.17) is 5.73 Å². The number of aromatic nitrogens is 2. The summed E-state index contributed by atoms with van der Waals surface area (Å²) in [4.78, 5) is 0. The standard InChI is InChI=1S/C27H34N2.C26H32N2/c1-15-12-21-13-22(14-24(21)18(4)16(15)2)27(7,28-8)25-19(5)17(3)20(6)26-23(25)10-11-29(26)9;1-14-11-20-12-21(13-23(20)17(4)15(14)2)26(7,27)24-18(5)16(3)19(6)25-22(24)9-10-28(25)8/h10-12,14,28H,13H2,1-9H3;9-11,13H,12,27H2,1-8H3. The molecule has 0 bridgehead atoms. The van der Waals surface area contributed by atoms with Crippen molar-refractivity contribution in [3.05, 3.63) is 148 Å². The highest BCUT2D eigenvalue weighted by Crippen LogP contribution is 2.46. The molecule has 0 amide bonds. The van der Waals surface area contributed by atoms with Crippen molar-refractivity contribution in [1.82, 2.24) is 14.5 Å². The Morgan fingerprint density at radius 2 is 0.930 bits per heavy atom. The predicted molar refractivity (Wildman–Crippen MR) is 247 cm³/mol. The molecule has 0 saturated carbocycles. The number of aryl methyl sites for hydroxylation is 6. The first-order valence-corrected chi connectivity index (χ1v) is 20.9. The first-order valence-electron chi connectivity index (χ1n) is 20.9. The van der Waals surface area contributed by atoms with Crippen LogP contribution >= 0.6 is 0 Å². The summed E-state index contributed by atoms with van der Waals surface area (Å²) < 4.78 is 4.50. The van der Waals surface area contributed by atoms with Gasteiger partial charge in [0.2, 0.25) is 0 Å². The summed E-state index contributed by atoms with van der Waals surface area (Å²) in [6.45, 7) is 31.5. The summed E-state index contributed by atoms with van der Waals surface area (Å²) >= 11 is 0. The van der Waals surface area contributed by atoms with Crippen LogP contribution in [0.15, 0.2) is 47.8 Å². The number of hydrogen-bond donors (Lipinski definition) is 2. The van der Waals surface area contributed by atoms with Gasteiger partial charge < -0.3 is 20.2 Å². The molecule has 0 saturated heterocycles. The van der Waals surface area contributed by atoms with Crippen LogP contribution in [0.2, 0.25) is 0 Å². The maximum absolute atomic E-state index is 7.17. The minimum atomic E-state index is -0.505. The quantitative estimate of drug-likeness (QED) is 0.184. The molecule has 3 N–H and O–H groups in total. The van der Waals surface area contributed by atoms with Crippen molar-refractivity contribution < 1.29 is 0 Å². The number of hydrogen-bond acceptors (Lipinski definition) is 2. The zero-order valence-corrected chi connectivity index (χ0v) is 38.0. The maximum Gasteiger partial charge on any atom is 0.0634 e. The van der Waals surface area contributed by atoms with Gasteiger partial charge in [-0.05, 0) is 240 Å². The van der Waals surface area contributed by atoms with Crippen molar-refractivity contribution >= 4 is 34.0 Å². The van der Waals surface area contributed by atoms with Crippen molar-refractivity contribution in [2.45, 2.75) is 121 Å². The Labute approximate surface area is 342 Å². The molecule has 4 nitrogen and oxygen atoms in total. The Hall–Kier alpha value is -4.64. The van der Waals surface area contributed by atoms with Gasteiger partial charge in [0.25, 0.3) is 0 Å². The second kappa shape index (κ2) is 14.0. The molecule has 4 heteroatoms. The van der Waals surface area contributed by atoms with E-state index in [1.807, 2.05) is 0 Å². The van der Waals surface area contributed by atoms with Crippen LogP contribution in [0, 0.1) is 83.1 Å². The van der Waals surface area contributed by atoms with Gasteiger partial charge in [-0.2, -0.15) is 0 Å². The molecular weight excluding hydrogens is 693 g/mol. The molecule has 2 atom stereocenters. The van der Waals surface area contributed by atoms with E-state index < -0.39 is 5.54 Å². The van der Waals surface area contributed by atoms with Crippen molar-refractivity contribution in [3.63, 3.8) is 0 Å².